The fourth-order valence-corrected chi connectivity index (χ4v) is 1.41. The lowest BCUT2D eigenvalue weighted by atomic mass is 10.2. The molecule has 0 atom stereocenters. The molecule has 0 radical (unpaired) electrons. The molecule has 0 aliphatic rings. The number of carbonyl (C=O) groups is 1. The number of anilines is 1. The maximum absolute atomic E-state index is 13.6. The lowest BCUT2D eigenvalue weighted by molar-refractivity contribution is 0.215. The van der Waals surface area contributed by atoms with Gasteiger partial charge < -0.3 is 20.6 Å². The predicted molar refractivity (Wildman–Crippen MR) is 70.1 cm³/mol. The minimum atomic E-state index is -0.682. The summed E-state index contributed by atoms with van der Waals surface area (Å²) in [7, 11) is 1.36. The number of nitrogens with one attached hydrogen (secondary N) is 2. The zero-order valence-electron chi connectivity index (χ0n) is 10.1. The number of urea groups is 1. The van der Waals surface area contributed by atoms with Gasteiger partial charge >= 0.3 is 6.03 Å². The molecule has 1 aromatic carbocycles. The second-order valence-electron chi connectivity index (χ2n) is 3.38. The summed E-state index contributed by atoms with van der Waals surface area (Å²) in [5, 5.41) is 16.8. The number of carbonyl (C=O) groups excluding carboxylic acids is 1. The van der Waals surface area contributed by atoms with Crippen molar-refractivity contribution in [2.75, 3.05) is 25.6 Å². The van der Waals surface area contributed by atoms with Gasteiger partial charge in [0.2, 0.25) is 0 Å². The van der Waals surface area contributed by atoms with Crippen LogP contribution in [0.1, 0.15) is 5.56 Å². The number of aliphatic hydroxyl groups excluding tert-OH is 1. The van der Waals surface area contributed by atoms with Crippen LogP contribution in [-0.4, -0.2) is 37.6 Å². The van der Waals surface area contributed by atoms with Crippen LogP contribution in [0, 0.1) is 5.82 Å². The third-order valence-electron chi connectivity index (χ3n) is 2.03. The summed E-state index contributed by atoms with van der Waals surface area (Å²) < 4.78 is 13.6. The molecule has 19 heavy (non-hydrogen) atoms. The Bertz CT molecular complexity index is 482. The molecule has 8 heteroatoms. The van der Waals surface area contributed by atoms with E-state index < -0.39 is 11.8 Å². The normalized spacial score (nSPS) is 10.5. The van der Waals surface area contributed by atoms with E-state index in [1.54, 1.807) is 0 Å². The smallest absolute Gasteiger partial charge is 0.319 e. The third kappa shape index (κ3) is 4.72. The number of hydrogen-bond acceptors (Lipinski definition) is 4. The van der Waals surface area contributed by atoms with Gasteiger partial charge in [-0.1, -0.05) is 16.8 Å². The second kappa shape index (κ2) is 7.55. The molecule has 0 heterocycles. The van der Waals surface area contributed by atoms with E-state index >= 15 is 0 Å². The van der Waals surface area contributed by atoms with Gasteiger partial charge in [0.1, 0.15) is 12.9 Å². The number of amides is 2. The first kappa shape index (κ1) is 15.2. The summed E-state index contributed by atoms with van der Waals surface area (Å²) in [5.41, 5.74) is 0.333. The fourth-order valence-electron chi connectivity index (χ4n) is 1.21. The second-order valence-corrected chi connectivity index (χ2v) is 3.78. The summed E-state index contributed by atoms with van der Waals surface area (Å²) in [6.07, 6.45) is 1.29. The van der Waals surface area contributed by atoms with Crippen molar-refractivity contribution in [3.63, 3.8) is 0 Å². The number of nitrogens with zero attached hydrogens (tertiary/aromatic N) is 1. The molecule has 6 nitrogen and oxygen atoms in total. The molecule has 2 amide bonds. The average Bonchev–Trinajstić information content (AvgIpc) is 2.38. The lowest BCUT2D eigenvalue weighted by Gasteiger charge is -2.09. The van der Waals surface area contributed by atoms with Crippen LogP contribution in [-0.2, 0) is 4.84 Å². The molecule has 0 saturated heterocycles. The topological polar surface area (TPSA) is 83.0 Å². The highest BCUT2D eigenvalue weighted by atomic mass is 35.5. The van der Waals surface area contributed by atoms with Crippen molar-refractivity contribution in [1.82, 2.24) is 5.32 Å². The molecule has 104 valence electrons. The quantitative estimate of drug-likeness (QED) is 0.568. The molecule has 3 N–H and O–H groups in total. The number of benzene rings is 1. The van der Waals surface area contributed by atoms with E-state index in [0.717, 1.165) is 6.07 Å². The summed E-state index contributed by atoms with van der Waals surface area (Å²) in [5.74, 6) is -0.682. The van der Waals surface area contributed by atoms with Crippen molar-refractivity contribution in [3.05, 3.63) is 28.5 Å². The minimum absolute atomic E-state index is 0.0580. The zero-order valence-corrected chi connectivity index (χ0v) is 10.9. The van der Waals surface area contributed by atoms with Crippen LogP contribution in [0.2, 0.25) is 5.02 Å². The standard InChI is InChI=1S/C11H13ClFN3O3/c1-19-15-6-7-4-10(9(13)5-8(7)12)16-11(18)14-2-3-17/h4-6,17H,2-3H2,1H3,(H2,14,16,18). The Hall–Kier alpha value is -1.86. The number of halogens is 2. The maximum atomic E-state index is 13.6. The summed E-state index contributed by atoms with van der Waals surface area (Å²) in [6.45, 7) is -0.138. The summed E-state index contributed by atoms with van der Waals surface area (Å²) >= 11 is 5.81. The molecule has 0 bridgehead atoms. The highest BCUT2D eigenvalue weighted by molar-refractivity contribution is 6.33. The van der Waals surface area contributed by atoms with E-state index in [1.165, 1.54) is 19.4 Å². The van der Waals surface area contributed by atoms with Crippen molar-refractivity contribution in [2.45, 2.75) is 0 Å². The predicted octanol–water partition coefficient (Wildman–Crippen LogP) is 1.57. The van der Waals surface area contributed by atoms with Crippen molar-refractivity contribution >= 4 is 29.5 Å². The van der Waals surface area contributed by atoms with Crippen molar-refractivity contribution in [2.24, 2.45) is 5.16 Å². The van der Waals surface area contributed by atoms with Crippen molar-refractivity contribution in [3.8, 4) is 0 Å². The van der Waals surface area contributed by atoms with Gasteiger partial charge in [-0.2, -0.15) is 0 Å². The van der Waals surface area contributed by atoms with Crippen LogP contribution in [0.15, 0.2) is 17.3 Å². The SMILES string of the molecule is CON=Cc1cc(NC(=O)NCCO)c(F)cc1Cl. The van der Waals surface area contributed by atoms with E-state index in [4.69, 9.17) is 16.7 Å². The van der Waals surface area contributed by atoms with Crippen LogP contribution in [0.5, 0.6) is 0 Å². The van der Waals surface area contributed by atoms with E-state index in [2.05, 4.69) is 20.6 Å². The molecule has 0 fully saturated rings. The van der Waals surface area contributed by atoms with E-state index in [-0.39, 0.29) is 23.9 Å². The number of hydrogen-bond donors (Lipinski definition) is 3. The molecule has 1 rings (SSSR count). The first-order valence-electron chi connectivity index (χ1n) is 5.29. The van der Waals surface area contributed by atoms with Gasteiger partial charge in [0, 0.05) is 12.1 Å². The molecular weight excluding hydrogens is 277 g/mol. The first-order chi connectivity index (χ1) is 9.08. The number of rotatable bonds is 5. The van der Waals surface area contributed by atoms with E-state index in [9.17, 15) is 9.18 Å². The van der Waals surface area contributed by atoms with Crippen molar-refractivity contribution in [1.29, 1.82) is 0 Å². The van der Waals surface area contributed by atoms with Crippen LogP contribution in [0.3, 0.4) is 0 Å². The maximum Gasteiger partial charge on any atom is 0.319 e. The highest BCUT2D eigenvalue weighted by Crippen LogP contribution is 2.23. The van der Waals surface area contributed by atoms with E-state index in [1.807, 2.05) is 0 Å². The lowest BCUT2D eigenvalue weighted by Crippen LogP contribution is -2.31. The van der Waals surface area contributed by atoms with Gasteiger partial charge in [-0.25, -0.2) is 9.18 Å². The van der Waals surface area contributed by atoms with E-state index in [0.29, 0.717) is 5.56 Å². The highest BCUT2D eigenvalue weighted by Gasteiger charge is 2.10. The molecule has 0 aromatic heterocycles. The van der Waals surface area contributed by atoms with Gasteiger partial charge in [0.25, 0.3) is 0 Å². The molecule has 1 aromatic rings. The number of oxime groups is 1. The van der Waals surface area contributed by atoms with Crippen LogP contribution in [0.25, 0.3) is 0 Å². The van der Waals surface area contributed by atoms with Gasteiger partial charge in [0.05, 0.1) is 23.5 Å². The number of aliphatic hydroxyl groups is 1. The fraction of sp³-hybridized carbons (Fsp3) is 0.273. The summed E-state index contributed by atoms with van der Waals surface area (Å²) in [6, 6.07) is 1.74. The average molecular weight is 290 g/mol. The Kier molecular flexibility index (Phi) is 6.04. The molecule has 0 aliphatic carbocycles. The Labute approximate surface area is 114 Å². The Morgan fingerprint density at radius 3 is 3.00 bits per heavy atom. The Balaban J connectivity index is 2.88. The molecule has 0 saturated carbocycles. The Morgan fingerprint density at radius 1 is 1.63 bits per heavy atom. The molecule has 0 unspecified atom stereocenters. The largest absolute Gasteiger partial charge is 0.399 e. The van der Waals surface area contributed by atoms with Gasteiger partial charge in [-0.15, -0.1) is 0 Å². The molecular formula is C11H13ClFN3O3. The first-order valence-corrected chi connectivity index (χ1v) is 5.67. The third-order valence-corrected chi connectivity index (χ3v) is 2.36. The van der Waals surface area contributed by atoms with Crippen molar-refractivity contribution < 1.29 is 19.1 Å². The summed E-state index contributed by atoms with van der Waals surface area (Å²) in [4.78, 5) is 15.8. The zero-order chi connectivity index (χ0) is 14.3. The van der Waals surface area contributed by atoms with Crippen LogP contribution < -0.4 is 10.6 Å². The molecule has 0 spiro atoms. The van der Waals surface area contributed by atoms with Gasteiger partial charge in [-0.05, 0) is 12.1 Å². The Morgan fingerprint density at radius 2 is 2.37 bits per heavy atom. The van der Waals surface area contributed by atoms with Crippen LogP contribution >= 0.6 is 11.6 Å². The van der Waals surface area contributed by atoms with Crippen LogP contribution in [0.4, 0.5) is 14.9 Å². The monoisotopic (exact) mass is 289 g/mol. The van der Waals surface area contributed by atoms with Gasteiger partial charge in [-0.3, -0.25) is 0 Å². The molecule has 0 aliphatic heterocycles. The minimum Gasteiger partial charge on any atom is -0.399 e. The van der Waals surface area contributed by atoms with Gasteiger partial charge in [0.15, 0.2) is 0 Å².